The number of hydrogen-bond acceptors (Lipinski definition) is 4. The second-order valence-corrected chi connectivity index (χ2v) is 11.8. The van der Waals surface area contributed by atoms with Gasteiger partial charge >= 0.3 is 5.97 Å². The molecule has 3 rings (SSSR count). The highest BCUT2D eigenvalue weighted by molar-refractivity contribution is 6.00. The number of aldehydes is 1. The molecule has 3 aromatic rings. The van der Waals surface area contributed by atoms with Gasteiger partial charge in [-0.25, -0.2) is 4.79 Å². The SMILES string of the molecule is CCCCCCCCCCCCCOc1ccc2c(C=O)c(CCc3ccc(C(=O)OC[C@H](C)CC)cc3)ccc2c1. The lowest BCUT2D eigenvalue weighted by molar-refractivity contribution is 0.0447. The van der Waals surface area contributed by atoms with E-state index in [-0.39, 0.29) is 5.97 Å². The summed E-state index contributed by atoms with van der Waals surface area (Å²) < 4.78 is 11.4. The van der Waals surface area contributed by atoms with Crippen LogP contribution in [0.4, 0.5) is 0 Å². The van der Waals surface area contributed by atoms with E-state index >= 15 is 0 Å². The standard InChI is InChI=1S/C38H52O4/c1-4-6-7-8-9-10-11-12-13-14-15-26-41-35-24-25-36-34(27-35)23-22-32(37(36)28-39)19-16-31-17-20-33(21-18-31)38(40)42-29-30(3)5-2/h17-18,20-25,27-28,30H,4-16,19,26,29H2,1-3H3/t30-/m1/s1. The molecule has 0 spiro atoms. The molecular weight excluding hydrogens is 520 g/mol. The molecule has 0 fully saturated rings. The van der Waals surface area contributed by atoms with E-state index < -0.39 is 0 Å². The van der Waals surface area contributed by atoms with Gasteiger partial charge in [0.2, 0.25) is 0 Å². The topological polar surface area (TPSA) is 52.6 Å². The maximum Gasteiger partial charge on any atom is 0.338 e. The Morgan fingerprint density at radius 2 is 1.45 bits per heavy atom. The normalized spacial score (nSPS) is 11.9. The quantitative estimate of drug-likeness (QED) is 0.0724. The number of rotatable bonds is 21. The largest absolute Gasteiger partial charge is 0.494 e. The number of hydrogen-bond donors (Lipinski definition) is 0. The number of esters is 1. The first-order valence-corrected chi connectivity index (χ1v) is 16.4. The van der Waals surface area contributed by atoms with Crippen LogP contribution in [0, 0.1) is 5.92 Å². The Balaban J connectivity index is 1.43. The summed E-state index contributed by atoms with van der Waals surface area (Å²) in [5, 5.41) is 1.99. The van der Waals surface area contributed by atoms with Gasteiger partial charge in [0.1, 0.15) is 5.75 Å². The van der Waals surface area contributed by atoms with Crippen molar-refractivity contribution in [1.82, 2.24) is 0 Å². The average Bonchev–Trinajstić information content (AvgIpc) is 3.02. The zero-order chi connectivity index (χ0) is 30.0. The van der Waals surface area contributed by atoms with Gasteiger partial charge in [0.05, 0.1) is 18.8 Å². The molecule has 0 aliphatic heterocycles. The van der Waals surface area contributed by atoms with Crippen molar-refractivity contribution in [3.05, 3.63) is 76.9 Å². The van der Waals surface area contributed by atoms with E-state index in [9.17, 15) is 9.59 Å². The summed E-state index contributed by atoms with van der Waals surface area (Å²) >= 11 is 0. The van der Waals surface area contributed by atoms with Gasteiger partial charge in [-0.05, 0) is 77.4 Å². The van der Waals surface area contributed by atoms with Gasteiger partial charge in [-0.2, -0.15) is 0 Å². The molecule has 4 heteroatoms. The summed E-state index contributed by atoms with van der Waals surface area (Å²) in [6, 6.07) is 17.8. The van der Waals surface area contributed by atoms with Gasteiger partial charge < -0.3 is 9.47 Å². The van der Waals surface area contributed by atoms with Crippen molar-refractivity contribution in [2.45, 2.75) is 111 Å². The van der Waals surface area contributed by atoms with Crippen molar-refractivity contribution in [3.8, 4) is 5.75 Å². The molecule has 0 unspecified atom stereocenters. The van der Waals surface area contributed by atoms with Crippen molar-refractivity contribution in [2.24, 2.45) is 5.92 Å². The Bertz CT molecular complexity index is 1210. The number of carbonyl (C=O) groups excluding carboxylic acids is 2. The van der Waals surface area contributed by atoms with Gasteiger partial charge in [-0.1, -0.05) is 116 Å². The zero-order valence-electron chi connectivity index (χ0n) is 26.3. The Kier molecular flexibility index (Phi) is 15.2. The van der Waals surface area contributed by atoms with Crippen molar-refractivity contribution in [2.75, 3.05) is 13.2 Å². The molecular formula is C38H52O4. The highest BCUT2D eigenvalue weighted by Gasteiger charge is 2.11. The van der Waals surface area contributed by atoms with E-state index in [1.165, 1.54) is 64.2 Å². The molecule has 3 aromatic carbocycles. The highest BCUT2D eigenvalue weighted by Crippen LogP contribution is 2.27. The van der Waals surface area contributed by atoms with Gasteiger partial charge in [0.15, 0.2) is 6.29 Å². The molecule has 42 heavy (non-hydrogen) atoms. The first-order chi connectivity index (χ1) is 20.5. The first-order valence-electron chi connectivity index (χ1n) is 16.4. The number of carbonyl (C=O) groups is 2. The minimum Gasteiger partial charge on any atom is -0.494 e. The van der Waals surface area contributed by atoms with E-state index in [1.807, 2.05) is 42.5 Å². The van der Waals surface area contributed by atoms with Crippen molar-refractivity contribution in [3.63, 3.8) is 0 Å². The second kappa shape index (κ2) is 19.1. The fourth-order valence-corrected chi connectivity index (χ4v) is 5.29. The van der Waals surface area contributed by atoms with Gasteiger partial charge in [0.25, 0.3) is 0 Å². The molecule has 0 aliphatic carbocycles. The van der Waals surface area contributed by atoms with Crippen LogP contribution in [0.1, 0.15) is 130 Å². The Hall–Kier alpha value is -3.14. The highest BCUT2D eigenvalue weighted by atomic mass is 16.5. The number of fused-ring (bicyclic) bond motifs is 1. The molecule has 1 atom stereocenters. The summed E-state index contributed by atoms with van der Waals surface area (Å²) in [6.45, 7) is 7.61. The number of ether oxygens (including phenoxy) is 2. The average molecular weight is 573 g/mol. The lowest BCUT2D eigenvalue weighted by atomic mass is 9.95. The maximum absolute atomic E-state index is 12.3. The molecule has 0 N–H and O–H groups in total. The van der Waals surface area contributed by atoms with E-state index in [2.05, 4.69) is 32.9 Å². The summed E-state index contributed by atoms with van der Waals surface area (Å²) in [4.78, 5) is 24.4. The van der Waals surface area contributed by atoms with Crippen molar-refractivity contribution in [1.29, 1.82) is 0 Å². The van der Waals surface area contributed by atoms with Crippen LogP contribution in [0.3, 0.4) is 0 Å². The van der Waals surface area contributed by atoms with Crippen LogP contribution in [0.15, 0.2) is 54.6 Å². The minimum atomic E-state index is -0.276. The summed E-state index contributed by atoms with van der Waals surface area (Å²) in [7, 11) is 0. The minimum absolute atomic E-state index is 0.276. The number of unbranched alkanes of at least 4 members (excludes halogenated alkanes) is 10. The molecule has 4 nitrogen and oxygen atoms in total. The zero-order valence-corrected chi connectivity index (χ0v) is 26.3. The van der Waals surface area contributed by atoms with Crippen LogP contribution in [-0.2, 0) is 17.6 Å². The molecule has 0 heterocycles. The van der Waals surface area contributed by atoms with Crippen LogP contribution in [-0.4, -0.2) is 25.5 Å². The van der Waals surface area contributed by atoms with Crippen LogP contribution in [0.2, 0.25) is 0 Å². The van der Waals surface area contributed by atoms with E-state index in [0.717, 1.165) is 71.8 Å². The van der Waals surface area contributed by atoms with Gasteiger partial charge in [0, 0.05) is 5.56 Å². The van der Waals surface area contributed by atoms with Gasteiger partial charge in [-0.3, -0.25) is 4.79 Å². The number of benzene rings is 3. The van der Waals surface area contributed by atoms with E-state index in [0.29, 0.717) is 18.1 Å². The summed E-state index contributed by atoms with van der Waals surface area (Å²) in [5.74, 6) is 0.948. The van der Waals surface area contributed by atoms with Crippen molar-refractivity contribution >= 4 is 23.0 Å². The molecule has 0 saturated carbocycles. The first kappa shape index (κ1) is 33.4. The van der Waals surface area contributed by atoms with Gasteiger partial charge in [-0.15, -0.1) is 0 Å². The molecule has 0 aromatic heterocycles. The summed E-state index contributed by atoms with van der Waals surface area (Å²) in [5.41, 5.74) is 3.47. The lowest BCUT2D eigenvalue weighted by Gasteiger charge is -2.12. The van der Waals surface area contributed by atoms with Crippen LogP contribution in [0.25, 0.3) is 10.8 Å². The van der Waals surface area contributed by atoms with Crippen LogP contribution >= 0.6 is 0 Å². The lowest BCUT2D eigenvalue weighted by Crippen LogP contribution is -2.11. The third-order valence-electron chi connectivity index (χ3n) is 8.33. The molecule has 0 amide bonds. The van der Waals surface area contributed by atoms with Crippen LogP contribution < -0.4 is 4.74 Å². The second-order valence-electron chi connectivity index (χ2n) is 11.8. The molecule has 0 aliphatic rings. The smallest absolute Gasteiger partial charge is 0.338 e. The van der Waals surface area contributed by atoms with E-state index in [4.69, 9.17) is 9.47 Å². The molecule has 0 saturated heterocycles. The Labute approximate surface area is 254 Å². The number of aryl methyl sites for hydroxylation is 2. The third kappa shape index (κ3) is 11.3. The third-order valence-corrected chi connectivity index (χ3v) is 8.33. The Morgan fingerprint density at radius 3 is 2.10 bits per heavy atom. The molecule has 0 bridgehead atoms. The Morgan fingerprint density at radius 1 is 0.786 bits per heavy atom. The van der Waals surface area contributed by atoms with Crippen LogP contribution in [0.5, 0.6) is 5.75 Å². The predicted molar refractivity (Wildman–Crippen MR) is 175 cm³/mol. The fraction of sp³-hybridized carbons (Fsp3) is 0.526. The monoisotopic (exact) mass is 572 g/mol. The fourth-order valence-electron chi connectivity index (χ4n) is 5.29. The predicted octanol–water partition coefficient (Wildman–Crippen LogP) is 10.3. The maximum atomic E-state index is 12.3. The molecule has 0 radical (unpaired) electrons. The molecule has 228 valence electrons. The van der Waals surface area contributed by atoms with Crippen molar-refractivity contribution < 1.29 is 19.1 Å². The van der Waals surface area contributed by atoms with E-state index in [1.54, 1.807) is 0 Å². The summed E-state index contributed by atoms with van der Waals surface area (Å²) in [6.07, 6.45) is 18.0.